The van der Waals surface area contributed by atoms with Gasteiger partial charge in [0.15, 0.2) is 11.6 Å². The molecule has 2 aromatic heterocycles. The highest BCUT2D eigenvalue weighted by Crippen LogP contribution is 2.32. The van der Waals surface area contributed by atoms with Crippen molar-refractivity contribution in [1.82, 2.24) is 30.0 Å². The van der Waals surface area contributed by atoms with Crippen LogP contribution >= 0.6 is 0 Å². The Hall–Kier alpha value is -3.07. The minimum absolute atomic E-state index is 0.118. The van der Waals surface area contributed by atoms with Gasteiger partial charge in [-0.1, -0.05) is 0 Å². The predicted molar refractivity (Wildman–Crippen MR) is 105 cm³/mol. The Labute approximate surface area is 167 Å². The Morgan fingerprint density at radius 2 is 2.00 bits per heavy atom. The minimum Gasteiger partial charge on any atom is -0.507 e. The van der Waals surface area contributed by atoms with Gasteiger partial charge in [0.1, 0.15) is 11.6 Å². The molecule has 0 amide bonds. The summed E-state index contributed by atoms with van der Waals surface area (Å²) < 4.78 is 16.0. The minimum atomic E-state index is -0.509. The molecular weight excluding hydrogens is 373 g/mol. The van der Waals surface area contributed by atoms with E-state index in [-0.39, 0.29) is 22.8 Å². The van der Waals surface area contributed by atoms with E-state index in [0.717, 1.165) is 12.8 Å². The molecule has 2 aliphatic rings. The Balaban J connectivity index is 1.38. The molecule has 2 fully saturated rings. The molecule has 4 heterocycles. The summed E-state index contributed by atoms with van der Waals surface area (Å²) in [6, 6.07) is 4.11. The number of fused-ring (bicyclic) bond motifs is 2. The number of benzene rings is 1. The second-order valence-electron chi connectivity index (χ2n) is 7.80. The lowest BCUT2D eigenvalue weighted by Crippen LogP contribution is -2.47. The summed E-state index contributed by atoms with van der Waals surface area (Å²) in [6.07, 6.45) is 10.9. The molecule has 2 aliphatic heterocycles. The summed E-state index contributed by atoms with van der Waals surface area (Å²) in [4.78, 5) is 10.4. The van der Waals surface area contributed by atoms with Crippen LogP contribution in [0, 0.1) is 5.82 Å². The SMILES string of the molecule is CN(c1cnc(-c2cc(F)c(-n3ccnc3)cc2O)nn1)C1C[C@H]2CC[C@@H](C1)N2. The van der Waals surface area contributed by atoms with E-state index in [1.807, 2.05) is 7.05 Å². The van der Waals surface area contributed by atoms with Crippen molar-refractivity contribution < 1.29 is 9.50 Å². The molecule has 29 heavy (non-hydrogen) atoms. The van der Waals surface area contributed by atoms with Gasteiger partial charge in [0, 0.05) is 43.6 Å². The molecule has 150 valence electrons. The first-order valence-corrected chi connectivity index (χ1v) is 9.78. The number of hydrogen-bond acceptors (Lipinski definition) is 7. The van der Waals surface area contributed by atoms with E-state index >= 15 is 0 Å². The van der Waals surface area contributed by atoms with E-state index in [9.17, 15) is 9.50 Å². The quantitative estimate of drug-likeness (QED) is 0.700. The fourth-order valence-electron chi connectivity index (χ4n) is 4.41. The van der Waals surface area contributed by atoms with Crippen molar-refractivity contribution in [2.24, 2.45) is 0 Å². The van der Waals surface area contributed by atoms with Gasteiger partial charge in [-0.3, -0.25) is 0 Å². The lowest BCUT2D eigenvalue weighted by atomic mass is 9.99. The summed E-state index contributed by atoms with van der Waals surface area (Å²) in [7, 11) is 2.01. The van der Waals surface area contributed by atoms with Crippen LogP contribution < -0.4 is 10.2 Å². The van der Waals surface area contributed by atoms with Crippen LogP contribution in [0.15, 0.2) is 37.1 Å². The number of anilines is 1. The van der Waals surface area contributed by atoms with Gasteiger partial charge in [0.25, 0.3) is 0 Å². The van der Waals surface area contributed by atoms with E-state index in [1.165, 1.54) is 35.9 Å². The second kappa shape index (κ2) is 7.07. The van der Waals surface area contributed by atoms with Crippen LogP contribution in [0.1, 0.15) is 25.7 Å². The number of hydrogen-bond donors (Lipinski definition) is 2. The Morgan fingerprint density at radius 3 is 2.66 bits per heavy atom. The molecule has 0 saturated carbocycles. The zero-order valence-corrected chi connectivity index (χ0v) is 16.0. The molecule has 2 N–H and O–H groups in total. The molecule has 8 nitrogen and oxygen atoms in total. The summed E-state index contributed by atoms with van der Waals surface area (Å²) in [6.45, 7) is 0. The van der Waals surface area contributed by atoms with Gasteiger partial charge >= 0.3 is 0 Å². The van der Waals surface area contributed by atoms with Crippen molar-refractivity contribution in [3.63, 3.8) is 0 Å². The topological polar surface area (TPSA) is 92.0 Å². The smallest absolute Gasteiger partial charge is 0.185 e. The second-order valence-corrected chi connectivity index (χ2v) is 7.80. The third-order valence-electron chi connectivity index (χ3n) is 6.00. The monoisotopic (exact) mass is 395 g/mol. The van der Waals surface area contributed by atoms with Crippen LogP contribution in [0.4, 0.5) is 10.2 Å². The van der Waals surface area contributed by atoms with Gasteiger partial charge in [0.05, 0.1) is 23.8 Å². The molecule has 5 rings (SSSR count). The first-order chi connectivity index (χ1) is 14.1. The zero-order chi connectivity index (χ0) is 20.0. The van der Waals surface area contributed by atoms with Gasteiger partial charge in [-0.05, 0) is 31.7 Å². The maximum Gasteiger partial charge on any atom is 0.185 e. The standard InChI is InChI=1S/C20H22FN7O/c1-27(14-6-12-2-3-13(7-14)24-12)19-10-23-20(26-25-19)15-8-16(21)17(9-18(15)29)28-5-4-22-11-28/h4-5,8-14,24,29H,2-3,6-7H2,1H3/t12-,13+,14?. The molecule has 2 bridgehead atoms. The van der Waals surface area contributed by atoms with Gasteiger partial charge in [-0.15, -0.1) is 10.2 Å². The van der Waals surface area contributed by atoms with E-state index in [2.05, 4.69) is 30.4 Å². The molecular formula is C20H22FN7O. The number of piperidine rings is 1. The highest BCUT2D eigenvalue weighted by atomic mass is 19.1. The van der Waals surface area contributed by atoms with Crippen molar-refractivity contribution in [2.75, 3.05) is 11.9 Å². The van der Waals surface area contributed by atoms with E-state index in [4.69, 9.17) is 0 Å². The molecule has 0 radical (unpaired) electrons. The Morgan fingerprint density at radius 1 is 1.21 bits per heavy atom. The number of phenols is 1. The van der Waals surface area contributed by atoms with Crippen molar-refractivity contribution >= 4 is 5.82 Å². The number of nitrogens with one attached hydrogen (secondary N) is 1. The average Bonchev–Trinajstić information content (AvgIpc) is 3.38. The number of aromatic nitrogens is 5. The van der Waals surface area contributed by atoms with Gasteiger partial charge in [-0.2, -0.15) is 0 Å². The highest BCUT2D eigenvalue weighted by molar-refractivity contribution is 5.66. The van der Waals surface area contributed by atoms with Crippen LogP contribution in [0.2, 0.25) is 0 Å². The lowest BCUT2D eigenvalue weighted by Gasteiger charge is -2.35. The molecule has 1 aromatic carbocycles. The Kier molecular flexibility index (Phi) is 4.39. The fourth-order valence-corrected chi connectivity index (χ4v) is 4.41. The van der Waals surface area contributed by atoms with Crippen LogP contribution in [-0.2, 0) is 0 Å². The molecule has 2 saturated heterocycles. The number of phenolic OH excluding ortho intramolecular Hbond substituents is 1. The molecule has 3 atom stereocenters. The predicted octanol–water partition coefficient (Wildman–Crippen LogP) is 2.29. The number of imidazole rings is 1. The number of aromatic hydroxyl groups is 1. The summed E-state index contributed by atoms with van der Waals surface area (Å²) in [5, 5.41) is 22.5. The van der Waals surface area contributed by atoms with E-state index in [1.54, 1.807) is 18.6 Å². The summed E-state index contributed by atoms with van der Waals surface area (Å²) >= 11 is 0. The van der Waals surface area contributed by atoms with E-state index in [0.29, 0.717) is 23.9 Å². The van der Waals surface area contributed by atoms with Gasteiger partial charge in [0.2, 0.25) is 0 Å². The maximum absolute atomic E-state index is 14.6. The molecule has 0 aliphatic carbocycles. The maximum atomic E-state index is 14.6. The first-order valence-electron chi connectivity index (χ1n) is 9.78. The van der Waals surface area contributed by atoms with Crippen molar-refractivity contribution in [1.29, 1.82) is 0 Å². The Bertz CT molecular complexity index is 996. The molecule has 9 heteroatoms. The third kappa shape index (κ3) is 3.31. The molecule has 1 unspecified atom stereocenters. The molecule has 0 spiro atoms. The largest absolute Gasteiger partial charge is 0.507 e. The van der Waals surface area contributed by atoms with Crippen LogP contribution in [0.3, 0.4) is 0 Å². The zero-order valence-electron chi connectivity index (χ0n) is 16.0. The summed E-state index contributed by atoms with van der Waals surface area (Å²) in [5.74, 6) is 0.231. The lowest BCUT2D eigenvalue weighted by molar-refractivity contribution is 0.353. The van der Waals surface area contributed by atoms with Crippen LogP contribution in [0.25, 0.3) is 17.1 Å². The number of rotatable bonds is 4. The summed E-state index contributed by atoms with van der Waals surface area (Å²) in [5.41, 5.74) is 0.404. The van der Waals surface area contributed by atoms with Crippen LogP contribution in [-0.4, -0.2) is 55.0 Å². The number of nitrogens with zero attached hydrogens (tertiary/aromatic N) is 6. The average molecular weight is 395 g/mol. The van der Waals surface area contributed by atoms with Gasteiger partial charge < -0.3 is 19.9 Å². The van der Waals surface area contributed by atoms with Crippen molar-refractivity contribution in [2.45, 2.75) is 43.8 Å². The van der Waals surface area contributed by atoms with Crippen molar-refractivity contribution in [3.05, 3.63) is 42.9 Å². The highest BCUT2D eigenvalue weighted by Gasteiger charge is 2.35. The van der Waals surface area contributed by atoms with E-state index < -0.39 is 5.82 Å². The van der Waals surface area contributed by atoms with Crippen LogP contribution in [0.5, 0.6) is 5.75 Å². The van der Waals surface area contributed by atoms with Crippen molar-refractivity contribution in [3.8, 4) is 22.8 Å². The normalized spacial score (nSPS) is 23.3. The number of halogens is 1. The first kappa shape index (κ1) is 18.0. The molecule has 3 aromatic rings. The fraction of sp³-hybridized carbons (Fsp3) is 0.400. The van der Waals surface area contributed by atoms with Gasteiger partial charge in [-0.25, -0.2) is 14.4 Å². The third-order valence-corrected chi connectivity index (χ3v) is 6.00.